The molecule has 2 rings (SSSR count). The lowest BCUT2D eigenvalue weighted by atomic mass is 9.93. The number of aliphatic hydroxyl groups is 2. The van der Waals surface area contributed by atoms with Gasteiger partial charge in [0.15, 0.2) is 0 Å². The minimum Gasteiger partial charge on any atom is -0.395 e. The average molecular weight is 284 g/mol. The molecular weight excluding hydrogens is 262 g/mol. The van der Waals surface area contributed by atoms with E-state index in [9.17, 15) is 10.2 Å². The standard InChI is InChI=1S/C15H22ClNO2/c16-13-6-7-15(12(10-13)11-19)17(8-9-18)14-4-2-1-3-5-14/h6-7,10,14,18-19H,1-5,8-9,11H2. The summed E-state index contributed by atoms with van der Waals surface area (Å²) in [4.78, 5) is 2.24. The van der Waals surface area contributed by atoms with Gasteiger partial charge in [0.1, 0.15) is 0 Å². The maximum atomic E-state index is 9.51. The van der Waals surface area contributed by atoms with Crippen LogP contribution in [0, 0.1) is 0 Å². The summed E-state index contributed by atoms with van der Waals surface area (Å²) in [7, 11) is 0. The number of hydrogen-bond donors (Lipinski definition) is 2. The summed E-state index contributed by atoms with van der Waals surface area (Å²) >= 11 is 5.98. The van der Waals surface area contributed by atoms with Gasteiger partial charge >= 0.3 is 0 Å². The molecule has 0 amide bonds. The number of benzene rings is 1. The molecule has 0 aromatic heterocycles. The van der Waals surface area contributed by atoms with Crippen molar-refractivity contribution in [3.63, 3.8) is 0 Å². The molecule has 1 aromatic carbocycles. The van der Waals surface area contributed by atoms with Gasteiger partial charge in [-0.05, 0) is 31.0 Å². The van der Waals surface area contributed by atoms with Crippen LogP contribution in [0.3, 0.4) is 0 Å². The van der Waals surface area contributed by atoms with Crippen molar-refractivity contribution in [3.05, 3.63) is 28.8 Å². The second-order valence-electron chi connectivity index (χ2n) is 5.14. The van der Waals surface area contributed by atoms with E-state index in [0.717, 1.165) is 24.1 Å². The second-order valence-corrected chi connectivity index (χ2v) is 5.58. The molecule has 0 saturated heterocycles. The van der Waals surface area contributed by atoms with E-state index < -0.39 is 0 Å². The first-order valence-corrected chi connectivity index (χ1v) is 7.41. The van der Waals surface area contributed by atoms with Crippen molar-refractivity contribution < 1.29 is 10.2 Å². The van der Waals surface area contributed by atoms with Crippen molar-refractivity contribution >= 4 is 17.3 Å². The van der Waals surface area contributed by atoms with E-state index in [1.807, 2.05) is 18.2 Å². The fraction of sp³-hybridized carbons (Fsp3) is 0.600. The van der Waals surface area contributed by atoms with E-state index in [2.05, 4.69) is 4.90 Å². The summed E-state index contributed by atoms with van der Waals surface area (Å²) < 4.78 is 0. The Kier molecular flexibility index (Phi) is 5.49. The Morgan fingerprint density at radius 3 is 2.53 bits per heavy atom. The summed E-state index contributed by atoms with van der Waals surface area (Å²) in [5.41, 5.74) is 1.85. The number of rotatable bonds is 5. The third-order valence-corrected chi connectivity index (χ3v) is 4.11. The van der Waals surface area contributed by atoms with Gasteiger partial charge in [-0.3, -0.25) is 0 Å². The second kappa shape index (κ2) is 7.13. The number of hydrogen-bond acceptors (Lipinski definition) is 3. The molecule has 0 unspecified atom stereocenters. The van der Waals surface area contributed by atoms with Gasteiger partial charge in [0.2, 0.25) is 0 Å². The molecule has 3 nitrogen and oxygen atoms in total. The molecule has 1 fully saturated rings. The van der Waals surface area contributed by atoms with E-state index in [-0.39, 0.29) is 13.2 Å². The van der Waals surface area contributed by atoms with Crippen molar-refractivity contribution in [2.45, 2.75) is 44.8 Å². The SMILES string of the molecule is OCCN(c1ccc(Cl)cc1CO)C1CCCCC1. The van der Waals surface area contributed by atoms with E-state index >= 15 is 0 Å². The predicted molar refractivity (Wildman–Crippen MR) is 78.7 cm³/mol. The highest BCUT2D eigenvalue weighted by Gasteiger charge is 2.22. The van der Waals surface area contributed by atoms with E-state index in [4.69, 9.17) is 11.6 Å². The monoisotopic (exact) mass is 283 g/mol. The molecule has 4 heteroatoms. The minimum atomic E-state index is -0.0233. The van der Waals surface area contributed by atoms with Crippen molar-refractivity contribution in [2.75, 3.05) is 18.1 Å². The average Bonchev–Trinajstić information content (AvgIpc) is 2.46. The van der Waals surface area contributed by atoms with Gasteiger partial charge < -0.3 is 15.1 Å². The number of aliphatic hydroxyl groups excluding tert-OH is 2. The molecule has 19 heavy (non-hydrogen) atoms. The normalized spacial score (nSPS) is 16.6. The van der Waals surface area contributed by atoms with Gasteiger partial charge in [0, 0.05) is 28.9 Å². The van der Waals surface area contributed by atoms with Gasteiger partial charge in [-0.25, -0.2) is 0 Å². The van der Waals surface area contributed by atoms with Crippen LogP contribution < -0.4 is 4.90 Å². The number of anilines is 1. The molecule has 0 spiro atoms. The van der Waals surface area contributed by atoms with Gasteiger partial charge in [-0.1, -0.05) is 30.9 Å². The zero-order valence-corrected chi connectivity index (χ0v) is 11.9. The van der Waals surface area contributed by atoms with Gasteiger partial charge in [-0.15, -0.1) is 0 Å². The Morgan fingerprint density at radius 1 is 1.16 bits per heavy atom. The predicted octanol–water partition coefficient (Wildman–Crippen LogP) is 2.96. The van der Waals surface area contributed by atoms with Crippen molar-refractivity contribution in [1.82, 2.24) is 0 Å². The van der Waals surface area contributed by atoms with Crippen LogP contribution in [0.4, 0.5) is 5.69 Å². The Bertz CT molecular complexity index is 405. The van der Waals surface area contributed by atoms with Gasteiger partial charge in [0.25, 0.3) is 0 Å². The Balaban J connectivity index is 2.26. The maximum Gasteiger partial charge on any atom is 0.0702 e. The third-order valence-electron chi connectivity index (χ3n) is 3.88. The van der Waals surface area contributed by atoms with Crippen LogP contribution in [0.5, 0.6) is 0 Å². The molecule has 106 valence electrons. The van der Waals surface area contributed by atoms with E-state index in [1.165, 1.54) is 19.3 Å². The van der Waals surface area contributed by atoms with Gasteiger partial charge in [0.05, 0.1) is 13.2 Å². The van der Waals surface area contributed by atoms with Crippen LogP contribution in [-0.4, -0.2) is 29.4 Å². The van der Waals surface area contributed by atoms with Crippen LogP contribution in [0.25, 0.3) is 0 Å². The summed E-state index contributed by atoms with van der Waals surface area (Å²) in [5, 5.41) is 19.5. The van der Waals surface area contributed by atoms with Crippen molar-refractivity contribution in [1.29, 1.82) is 0 Å². The largest absolute Gasteiger partial charge is 0.395 e. The first-order valence-electron chi connectivity index (χ1n) is 7.03. The summed E-state index contributed by atoms with van der Waals surface area (Å²) in [5.74, 6) is 0. The van der Waals surface area contributed by atoms with Crippen LogP contribution in [-0.2, 0) is 6.61 Å². The molecule has 1 aliphatic carbocycles. The van der Waals surface area contributed by atoms with Gasteiger partial charge in [-0.2, -0.15) is 0 Å². The molecule has 0 radical (unpaired) electrons. The lowest BCUT2D eigenvalue weighted by Gasteiger charge is -2.37. The Labute approximate surface area is 119 Å². The maximum absolute atomic E-state index is 9.51. The smallest absolute Gasteiger partial charge is 0.0702 e. The van der Waals surface area contributed by atoms with Crippen LogP contribution in [0.1, 0.15) is 37.7 Å². The Morgan fingerprint density at radius 2 is 1.89 bits per heavy atom. The van der Waals surface area contributed by atoms with E-state index in [0.29, 0.717) is 17.6 Å². The molecule has 0 bridgehead atoms. The lowest BCUT2D eigenvalue weighted by molar-refractivity contribution is 0.277. The number of halogens is 1. The molecule has 0 heterocycles. The fourth-order valence-corrected chi connectivity index (χ4v) is 3.16. The van der Waals surface area contributed by atoms with E-state index in [1.54, 1.807) is 0 Å². The summed E-state index contributed by atoms with van der Waals surface area (Å²) in [6, 6.07) is 6.08. The fourth-order valence-electron chi connectivity index (χ4n) is 2.96. The quantitative estimate of drug-likeness (QED) is 0.873. The first-order chi connectivity index (χ1) is 9.26. The van der Waals surface area contributed by atoms with Crippen LogP contribution in [0.2, 0.25) is 5.02 Å². The molecule has 2 N–H and O–H groups in total. The highest BCUT2D eigenvalue weighted by molar-refractivity contribution is 6.30. The van der Waals surface area contributed by atoms with Crippen LogP contribution >= 0.6 is 11.6 Å². The lowest BCUT2D eigenvalue weighted by Crippen LogP contribution is -2.39. The molecular formula is C15H22ClNO2. The molecule has 0 aliphatic heterocycles. The van der Waals surface area contributed by atoms with Crippen molar-refractivity contribution in [2.24, 2.45) is 0 Å². The molecule has 1 aliphatic rings. The van der Waals surface area contributed by atoms with Crippen LogP contribution in [0.15, 0.2) is 18.2 Å². The Hall–Kier alpha value is -0.770. The van der Waals surface area contributed by atoms with Crippen molar-refractivity contribution in [3.8, 4) is 0 Å². The zero-order chi connectivity index (χ0) is 13.7. The first kappa shape index (κ1) is 14.6. The summed E-state index contributed by atoms with van der Waals surface area (Å²) in [6.45, 7) is 0.716. The minimum absolute atomic E-state index is 0.0233. The zero-order valence-electron chi connectivity index (χ0n) is 11.2. The topological polar surface area (TPSA) is 43.7 Å². The number of nitrogens with zero attached hydrogens (tertiary/aromatic N) is 1. The molecule has 1 saturated carbocycles. The highest BCUT2D eigenvalue weighted by atomic mass is 35.5. The molecule has 1 aromatic rings. The summed E-state index contributed by atoms with van der Waals surface area (Å²) in [6.07, 6.45) is 6.11. The third kappa shape index (κ3) is 3.62. The molecule has 0 atom stereocenters. The highest BCUT2D eigenvalue weighted by Crippen LogP contribution is 2.31.